The molecule has 0 spiro atoms. The summed E-state index contributed by atoms with van der Waals surface area (Å²) in [5, 5.41) is 3.02. The molecule has 140 valence electrons. The second-order valence-corrected chi connectivity index (χ2v) is 8.59. The lowest BCUT2D eigenvalue weighted by atomic mass is 10.2. The van der Waals surface area contributed by atoms with Gasteiger partial charge in [0.2, 0.25) is 0 Å². The normalized spacial score (nSPS) is 13.7. The van der Waals surface area contributed by atoms with Crippen LogP contribution in [-0.2, 0) is 13.1 Å². The third-order valence-corrected chi connectivity index (χ3v) is 6.26. The van der Waals surface area contributed by atoms with E-state index in [1.54, 1.807) is 12.3 Å². The summed E-state index contributed by atoms with van der Waals surface area (Å²) in [6.07, 6.45) is 6.11. The van der Waals surface area contributed by atoms with Crippen LogP contribution >= 0.6 is 34.5 Å². The predicted molar refractivity (Wildman–Crippen MR) is 110 cm³/mol. The Kier molecular flexibility index (Phi) is 5.53. The van der Waals surface area contributed by atoms with E-state index in [1.165, 1.54) is 24.2 Å². The molecule has 1 amide bonds. The first kappa shape index (κ1) is 18.5. The molecular weight excluding hydrogens is 401 g/mol. The zero-order valence-electron chi connectivity index (χ0n) is 14.6. The quantitative estimate of drug-likeness (QED) is 0.517. The molecular formula is C20H19Cl2N3OS. The van der Waals surface area contributed by atoms with E-state index in [0.717, 1.165) is 22.8 Å². The number of benzene rings is 1. The highest BCUT2D eigenvalue weighted by atomic mass is 35.5. The smallest absolute Gasteiger partial charge is 0.264 e. The van der Waals surface area contributed by atoms with E-state index in [-0.39, 0.29) is 5.91 Å². The average molecular weight is 420 g/mol. The van der Waals surface area contributed by atoms with Gasteiger partial charge in [0, 0.05) is 25.5 Å². The number of amides is 1. The second-order valence-electron chi connectivity index (χ2n) is 6.83. The number of carbonyl (C=O) groups is 1. The summed E-state index contributed by atoms with van der Waals surface area (Å²) in [6, 6.07) is 9.42. The molecule has 0 unspecified atom stereocenters. The highest BCUT2D eigenvalue weighted by Gasteiger charge is 2.28. The Balaban J connectivity index is 1.52. The number of halogens is 2. The maximum absolute atomic E-state index is 12.9. The Morgan fingerprint density at radius 3 is 2.81 bits per heavy atom. The zero-order valence-corrected chi connectivity index (χ0v) is 17.0. The highest BCUT2D eigenvalue weighted by molar-refractivity contribution is 7.12. The maximum atomic E-state index is 12.9. The Morgan fingerprint density at radius 2 is 2.11 bits per heavy atom. The molecule has 27 heavy (non-hydrogen) atoms. The van der Waals surface area contributed by atoms with Crippen molar-refractivity contribution in [2.75, 3.05) is 6.54 Å². The van der Waals surface area contributed by atoms with Gasteiger partial charge < -0.3 is 9.47 Å². The van der Waals surface area contributed by atoms with Crippen LogP contribution in [0.1, 0.15) is 33.9 Å². The molecule has 2 heterocycles. The van der Waals surface area contributed by atoms with Crippen molar-refractivity contribution in [1.82, 2.24) is 14.5 Å². The molecule has 1 aliphatic carbocycles. The van der Waals surface area contributed by atoms with Gasteiger partial charge in [0.1, 0.15) is 5.82 Å². The molecule has 0 N–H and O–H groups in total. The summed E-state index contributed by atoms with van der Waals surface area (Å²) in [4.78, 5) is 20.1. The number of aromatic nitrogens is 2. The lowest BCUT2D eigenvalue weighted by Crippen LogP contribution is -2.33. The first-order valence-electron chi connectivity index (χ1n) is 8.87. The molecule has 0 saturated heterocycles. The molecule has 4 rings (SSSR count). The van der Waals surface area contributed by atoms with E-state index in [4.69, 9.17) is 23.2 Å². The molecule has 1 aromatic carbocycles. The number of carbonyl (C=O) groups excluding carboxylic acids is 1. The van der Waals surface area contributed by atoms with Crippen LogP contribution in [0.3, 0.4) is 0 Å². The van der Waals surface area contributed by atoms with Gasteiger partial charge in [-0.05, 0) is 47.9 Å². The van der Waals surface area contributed by atoms with Crippen LogP contribution < -0.4 is 0 Å². The van der Waals surface area contributed by atoms with Gasteiger partial charge in [0.15, 0.2) is 0 Å². The minimum atomic E-state index is 0.0842. The Bertz CT molecular complexity index is 935. The van der Waals surface area contributed by atoms with Gasteiger partial charge >= 0.3 is 0 Å². The van der Waals surface area contributed by atoms with Gasteiger partial charge in [-0.2, -0.15) is 0 Å². The average Bonchev–Trinajstić information content (AvgIpc) is 3.12. The van der Waals surface area contributed by atoms with Crippen LogP contribution in [-0.4, -0.2) is 26.9 Å². The molecule has 7 heteroatoms. The first-order chi connectivity index (χ1) is 13.1. The third-order valence-electron chi connectivity index (χ3n) is 4.67. The summed E-state index contributed by atoms with van der Waals surface area (Å²) in [6.45, 7) is 1.93. The van der Waals surface area contributed by atoms with Crippen molar-refractivity contribution in [2.24, 2.45) is 5.92 Å². The van der Waals surface area contributed by atoms with E-state index < -0.39 is 0 Å². The summed E-state index contributed by atoms with van der Waals surface area (Å²) >= 11 is 13.6. The lowest BCUT2D eigenvalue weighted by molar-refractivity contribution is 0.0733. The highest BCUT2D eigenvalue weighted by Crippen LogP contribution is 2.31. The maximum Gasteiger partial charge on any atom is 0.264 e. The summed E-state index contributed by atoms with van der Waals surface area (Å²) in [7, 11) is 0. The van der Waals surface area contributed by atoms with Crippen LogP contribution in [0.25, 0.3) is 0 Å². The molecule has 1 fully saturated rings. The fourth-order valence-corrected chi connectivity index (χ4v) is 4.04. The van der Waals surface area contributed by atoms with Crippen molar-refractivity contribution < 1.29 is 4.79 Å². The number of nitrogens with zero attached hydrogens (tertiary/aromatic N) is 3. The fraction of sp³-hybridized carbons (Fsp3) is 0.300. The Morgan fingerprint density at radius 1 is 1.26 bits per heavy atom. The summed E-state index contributed by atoms with van der Waals surface area (Å²) < 4.78 is 2.06. The van der Waals surface area contributed by atoms with Gasteiger partial charge in [-0.3, -0.25) is 4.79 Å². The van der Waals surface area contributed by atoms with E-state index in [9.17, 15) is 4.79 Å². The van der Waals surface area contributed by atoms with Crippen molar-refractivity contribution >= 4 is 40.4 Å². The number of thiophene rings is 1. The summed E-state index contributed by atoms with van der Waals surface area (Å²) in [5.74, 6) is 1.57. The Labute approximate surface area is 172 Å². The molecule has 2 aromatic heterocycles. The van der Waals surface area contributed by atoms with Gasteiger partial charge in [0.25, 0.3) is 5.91 Å². The SMILES string of the molecule is O=C(c1cccs1)N(Cc1nccn1Cc1ccc(Cl)c(Cl)c1)CC1CC1. The van der Waals surface area contributed by atoms with E-state index in [2.05, 4.69) is 9.55 Å². The fourth-order valence-electron chi connectivity index (χ4n) is 3.03. The van der Waals surface area contributed by atoms with Crippen molar-refractivity contribution in [1.29, 1.82) is 0 Å². The van der Waals surface area contributed by atoms with Crippen LogP contribution in [0.5, 0.6) is 0 Å². The molecule has 0 radical (unpaired) electrons. The predicted octanol–water partition coefficient (Wildman–Crippen LogP) is 5.35. The van der Waals surface area contributed by atoms with Crippen LogP contribution in [0.15, 0.2) is 48.1 Å². The Hall–Kier alpha value is -1.82. The van der Waals surface area contributed by atoms with E-state index in [1.807, 2.05) is 40.7 Å². The van der Waals surface area contributed by atoms with Crippen molar-refractivity contribution in [3.63, 3.8) is 0 Å². The van der Waals surface area contributed by atoms with E-state index in [0.29, 0.717) is 29.1 Å². The molecule has 1 aliphatic rings. The molecule has 0 atom stereocenters. The molecule has 0 bridgehead atoms. The molecule has 4 nitrogen and oxygen atoms in total. The van der Waals surface area contributed by atoms with Crippen LogP contribution in [0, 0.1) is 5.92 Å². The topological polar surface area (TPSA) is 38.1 Å². The standard InChI is InChI=1S/C20H19Cl2N3OS/c21-16-6-5-15(10-17(16)22)12-24-8-7-23-19(24)13-25(11-14-3-4-14)20(26)18-2-1-9-27-18/h1-2,5-10,14H,3-4,11-13H2. The van der Waals surface area contributed by atoms with Crippen LogP contribution in [0.2, 0.25) is 10.0 Å². The molecule has 3 aromatic rings. The van der Waals surface area contributed by atoms with E-state index >= 15 is 0 Å². The molecule has 1 saturated carbocycles. The monoisotopic (exact) mass is 419 g/mol. The lowest BCUT2D eigenvalue weighted by Gasteiger charge is -2.22. The van der Waals surface area contributed by atoms with Crippen LogP contribution in [0.4, 0.5) is 0 Å². The van der Waals surface area contributed by atoms with Gasteiger partial charge in [-0.25, -0.2) is 4.98 Å². The number of hydrogen-bond donors (Lipinski definition) is 0. The number of hydrogen-bond acceptors (Lipinski definition) is 3. The number of imidazole rings is 1. The van der Waals surface area contributed by atoms with Crippen molar-refractivity contribution in [3.05, 3.63) is 74.4 Å². The minimum absolute atomic E-state index is 0.0842. The van der Waals surface area contributed by atoms with Gasteiger partial charge in [0.05, 0.1) is 21.5 Å². The first-order valence-corrected chi connectivity index (χ1v) is 10.5. The zero-order chi connectivity index (χ0) is 18.8. The minimum Gasteiger partial charge on any atom is -0.330 e. The third kappa shape index (κ3) is 4.54. The van der Waals surface area contributed by atoms with Gasteiger partial charge in [-0.15, -0.1) is 11.3 Å². The summed E-state index contributed by atoms with van der Waals surface area (Å²) in [5.41, 5.74) is 1.04. The second kappa shape index (κ2) is 8.05. The van der Waals surface area contributed by atoms with Crippen molar-refractivity contribution in [2.45, 2.75) is 25.9 Å². The van der Waals surface area contributed by atoms with Crippen molar-refractivity contribution in [3.8, 4) is 0 Å². The molecule has 0 aliphatic heterocycles. The largest absolute Gasteiger partial charge is 0.330 e. The number of rotatable bonds is 7. The van der Waals surface area contributed by atoms with Gasteiger partial charge in [-0.1, -0.05) is 35.3 Å².